The van der Waals surface area contributed by atoms with Gasteiger partial charge < -0.3 is 10.2 Å². The summed E-state index contributed by atoms with van der Waals surface area (Å²) in [6, 6.07) is 6.83. The summed E-state index contributed by atoms with van der Waals surface area (Å²) in [5.41, 5.74) is 0.606. The third kappa shape index (κ3) is 2.95. The number of halogens is 1. The lowest BCUT2D eigenvalue weighted by Crippen LogP contribution is -2.26. The molecule has 1 atom stereocenters. The Hall–Kier alpha value is -1.09. The second kappa shape index (κ2) is 5.30. The molecule has 88 valence electrons. The smallest absolute Gasteiger partial charge is 0.146 e. The highest BCUT2D eigenvalue weighted by molar-refractivity contribution is 5.44. The Balaban J connectivity index is 1.74. The Bertz CT molecular complexity index is 340. The fourth-order valence-electron chi connectivity index (χ4n) is 2.18. The van der Waals surface area contributed by atoms with Gasteiger partial charge in [0.2, 0.25) is 0 Å². The van der Waals surface area contributed by atoms with Crippen LogP contribution in [0, 0.1) is 11.7 Å². The molecule has 2 nitrogen and oxygen atoms in total. The normalized spacial score (nSPS) is 21.2. The van der Waals surface area contributed by atoms with Crippen molar-refractivity contribution >= 4 is 5.69 Å². The highest BCUT2D eigenvalue weighted by atomic mass is 19.1. The van der Waals surface area contributed by atoms with E-state index in [1.807, 2.05) is 6.07 Å². The van der Waals surface area contributed by atoms with Crippen molar-refractivity contribution in [3.05, 3.63) is 30.1 Å². The zero-order valence-electron chi connectivity index (χ0n) is 9.75. The molecule has 1 fully saturated rings. The van der Waals surface area contributed by atoms with Crippen LogP contribution in [0.1, 0.15) is 13.3 Å². The molecule has 1 aliphatic heterocycles. The molecule has 1 unspecified atom stereocenters. The Morgan fingerprint density at radius 3 is 2.94 bits per heavy atom. The largest absolute Gasteiger partial charge is 0.381 e. The van der Waals surface area contributed by atoms with E-state index in [0.717, 1.165) is 19.0 Å². The van der Waals surface area contributed by atoms with Crippen molar-refractivity contribution in [3.63, 3.8) is 0 Å². The third-order valence-electron chi connectivity index (χ3n) is 3.13. The van der Waals surface area contributed by atoms with E-state index in [-0.39, 0.29) is 5.82 Å². The van der Waals surface area contributed by atoms with Crippen LogP contribution in [0.5, 0.6) is 0 Å². The maximum atomic E-state index is 13.3. The number of anilines is 1. The van der Waals surface area contributed by atoms with Gasteiger partial charge in [0, 0.05) is 19.6 Å². The summed E-state index contributed by atoms with van der Waals surface area (Å²) < 4.78 is 13.3. The van der Waals surface area contributed by atoms with E-state index in [1.54, 1.807) is 12.1 Å². The lowest BCUT2D eigenvalue weighted by molar-refractivity contribution is 0.341. The summed E-state index contributed by atoms with van der Waals surface area (Å²) in [7, 11) is 0. The maximum absolute atomic E-state index is 13.3. The first kappa shape index (κ1) is 11.4. The van der Waals surface area contributed by atoms with Gasteiger partial charge in [0.25, 0.3) is 0 Å². The van der Waals surface area contributed by atoms with Crippen LogP contribution in [0.25, 0.3) is 0 Å². The summed E-state index contributed by atoms with van der Waals surface area (Å²) in [5.74, 6) is 0.644. The van der Waals surface area contributed by atoms with Crippen LogP contribution in [-0.4, -0.2) is 31.1 Å². The molecule has 1 N–H and O–H groups in total. The fourth-order valence-corrected chi connectivity index (χ4v) is 2.18. The Kier molecular flexibility index (Phi) is 3.78. The minimum Gasteiger partial charge on any atom is -0.381 e. The summed E-state index contributed by atoms with van der Waals surface area (Å²) in [6.45, 7) is 6.45. The molecule has 0 spiro atoms. The molecule has 0 aliphatic carbocycles. The Morgan fingerprint density at radius 1 is 1.44 bits per heavy atom. The summed E-state index contributed by atoms with van der Waals surface area (Å²) in [4.78, 5) is 2.43. The average Bonchev–Trinajstić information content (AvgIpc) is 2.67. The van der Waals surface area contributed by atoms with Crippen molar-refractivity contribution < 1.29 is 4.39 Å². The molecule has 0 saturated carbocycles. The predicted molar refractivity (Wildman–Crippen MR) is 65.1 cm³/mol. The van der Waals surface area contributed by atoms with Gasteiger partial charge in [0.05, 0.1) is 5.69 Å². The molecule has 1 saturated heterocycles. The molecular formula is C13H19FN2. The number of rotatable bonds is 4. The van der Waals surface area contributed by atoms with Gasteiger partial charge in [-0.1, -0.05) is 19.1 Å². The molecular weight excluding hydrogens is 203 g/mol. The van der Waals surface area contributed by atoms with E-state index < -0.39 is 0 Å². The molecule has 3 heteroatoms. The number of benzene rings is 1. The SMILES string of the molecule is CC1CCN(CCNc2ccccc2F)C1. The molecule has 1 aliphatic rings. The molecule has 16 heavy (non-hydrogen) atoms. The number of nitrogens with one attached hydrogen (secondary N) is 1. The van der Waals surface area contributed by atoms with Crippen LogP contribution in [0.3, 0.4) is 0 Å². The second-order valence-electron chi connectivity index (χ2n) is 4.60. The van der Waals surface area contributed by atoms with Crippen molar-refractivity contribution in [1.29, 1.82) is 0 Å². The highest BCUT2D eigenvalue weighted by Gasteiger charge is 2.17. The van der Waals surface area contributed by atoms with Gasteiger partial charge in [-0.05, 0) is 31.0 Å². The molecule has 1 heterocycles. The monoisotopic (exact) mass is 222 g/mol. The first-order chi connectivity index (χ1) is 7.75. The second-order valence-corrected chi connectivity index (χ2v) is 4.60. The molecule has 0 aromatic heterocycles. The molecule has 1 aromatic carbocycles. The van der Waals surface area contributed by atoms with Gasteiger partial charge in [-0.2, -0.15) is 0 Å². The van der Waals surface area contributed by atoms with E-state index in [2.05, 4.69) is 17.1 Å². The molecule has 0 radical (unpaired) electrons. The van der Waals surface area contributed by atoms with Gasteiger partial charge in [0.15, 0.2) is 0 Å². The first-order valence-corrected chi connectivity index (χ1v) is 5.96. The van der Waals surface area contributed by atoms with Crippen LogP contribution in [0.2, 0.25) is 0 Å². The Labute approximate surface area is 96.5 Å². The predicted octanol–water partition coefficient (Wildman–Crippen LogP) is 2.58. The molecule has 2 rings (SSSR count). The van der Waals surface area contributed by atoms with Crippen molar-refractivity contribution in [3.8, 4) is 0 Å². The molecule has 0 amide bonds. The number of para-hydroxylation sites is 1. The highest BCUT2D eigenvalue weighted by Crippen LogP contribution is 2.15. The van der Waals surface area contributed by atoms with Gasteiger partial charge in [-0.25, -0.2) is 4.39 Å². The van der Waals surface area contributed by atoms with Gasteiger partial charge >= 0.3 is 0 Å². The zero-order valence-corrected chi connectivity index (χ0v) is 9.75. The molecule has 0 bridgehead atoms. The third-order valence-corrected chi connectivity index (χ3v) is 3.13. The van der Waals surface area contributed by atoms with Crippen LogP contribution in [0.4, 0.5) is 10.1 Å². The van der Waals surface area contributed by atoms with Crippen molar-refractivity contribution in [2.24, 2.45) is 5.92 Å². The van der Waals surface area contributed by atoms with E-state index in [4.69, 9.17) is 0 Å². The standard InChI is InChI=1S/C13H19FN2/c1-11-6-8-16(10-11)9-7-15-13-5-3-2-4-12(13)14/h2-5,11,15H,6-10H2,1H3. The van der Waals surface area contributed by atoms with E-state index in [1.165, 1.54) is 25.6 Å². The number of likely N-dealkylation sites (tertiary alicyclic amines) is 1. The fraction of sp³-hybridized carbons (Fsp3) is 0.538. The average molecular weight is 222 g/mol. The first-order valence-electron chi connectivity index (χ1n) is 5.96. The quantitative estimate of drug-likeness (QED) is 0.842. The lowest BCUT2D eigenvalue weighted by Gasteiger charge is -2.16. The maximum Gasteiger partial charge on any atom is 0.146 e. The van der Waals surface area contributed by atoms with Crippen molar-refractivity contribution in [2.45, 2.75) is 13.3 Å². The minimum absolute atomic E-state index is 0.169. The van der Waals surface area contributed by atoms with Gasteiger partial charge in [0.1, 0.15) is 5.82 Å². The Morgan fingerprint density at radius 2 is 2.25 bits per heavy atom. The van der Waals surface area contributed by atoms with Gasteiger partial charge in [-0.15, -0.1) is 0 Å². The molecule has 1 aromatic rings. The zero-order chi connectivity index (χ0) is 11.4. The van der Waals surface area contributed by atoms with E-state index >= 15 is 0 Å². The number of hydrogen-bond acceptors (Lipinski definition) is 2. The summed E-state index contributed by atoms with van der Waals surface area (Å²) in [5, 5.41) is 3.14. The summed E-state index contributed by atoms with van der Waals surface area (Å²) >= 11 is 0. The van der Waals surface area contributed by atoms with E-state index in [9.17, 15) is 4.39 Å². The van der Waals surface area contributed by atoms with Crippen LogP contribution < -0.4 is 5.32 Å². The van der Waals surface area contributed by atoms with Crippen LogP contribution in [-0.2, 0) is 0 Å². The van der Waals surface area contributed by atoms with Gasteiger partial charge in [-0.3, -0.25) is 0 Å². The topological polar surface area (TPSA) is 15.3 Å². The van der Waals surface area contributed by atoms with Crippen molar-refractivity contribution in [1.82, 2.24) is 4.90 Å². The van der Waals surface area contributed by atoms with Crippen molar-refractivity contribution in [2.75, 3.05) is 31.5 Å². The summed E-state index contributed by atoms with van der Waals surface area (Å²) in [6.07, 6.45) is 1.29. The number of hydrogen-bond donors (Lipinski definition) is 1. The van der Waals surface area contributed by atoms with Crippen LogP contribution in [0.15, 0.2) is 24.3 Å². The van der Waals surface area contributed by atoms with E-state index in [0.29, 0.717) is 5.69 Å². The lowest BCUT2D eigenvalue weighted by atomic mass is 10.2. The van der Waals surface area contributed by atoms with Crippen LogP contribution >= 0.6 is 0 Å². The minimum atomic E-state index is -0.169. The number of nitrogens with zero attached hydrogens (tertiary/aromatic N) is 1.